The average Bonchev–Trinajstić information content (AvgIpc) is 2.93. The van der Waals surface area contributed by atoms with Crippen molar-refractivity contribution in [3.05, 3.63) is 23.8 Å². The number of carbonyl (C=O) groups is 1. The van der Waals surface area contributed by atoms with E-state index >= 15 is 0 Å². The van der Waals surface area contributed by atoms with Crippen molar-refractivity contribution in [3.63, 3.8) is 0 Å². The second-order valence-corrected chi connectivity index (χ2v) is 11.1. The standard InChI is InChI=1S/C33H62N4O2.ClH/c1-5-8-11-17-25-36(26-18-12-9-6-2)37(28-24-35-33(38)21-15-10-7-3)27-19-14-13-16-20-30-22-23-32(39-4)31(34)29-30;/h22-23,29H,5-21,24-28,34H2,1-4H3,(H,35,38);1H. The van der Waals surface area contributed by atoms with E-state index in [9.17, 15) is 4.79 Å². The van der Waals surface area contributed by atoms with Crippen LogP contribution in [-0.4, -0.2) is 55.8 Å². The smallest absolute Gasteiger partial charge is 0.220 e. The molecule has 0 saturated carbocycles. The minimum absolute atomic E-state index is 0. The maximum absolute atomic E-state index is 12.3. The number of rotatable bonds is 26. The number of benzene rings is 1. The van der Waals surface area contributed by atoms with E-state index in [0.717, 1.165) is 69.8 Å². The van der Waals surface area contributed by atoms with Crippen molar-refractivity contribution in [2.75, 3.05) is 45.6 Å². The third-order valence-electron chi connectivity index (χ3n) is 7.56. The van der Waals surface area contributed by atoms with Crippen molar-refractivity contribution >= 4 is 24.0 Å². The topological polar surface area (TPSA) is 70.8 Å². The normalized spacial score (nSPS) is 11.2. The third-order valence-corrected chi connectivity index (χ3v) is 7.56. The minimum Gasteiger partial charge on any atom is -0.495 e. The van der Waals surface area contributed by atoms with Crippen molar-refractivity contribution in [3.8, 4) is 5.75 Å². The van der Waals surface area contributed by atoms with E-state index in [1.54, 1.807) is 7.11 Å². The number of unbranched alkanes of at least 4 members (excludes halogenated alkanes) is 11. The lowest BCUT2D eigenvalue weighted by Crippen LogP contribution is -2.47. The van der Waals surface area contributed by atoms with E-state index in [-0.39, 0.29) is 18.3 Å². The Morgan fingerprint density at radius 2 is 1.27 bits per heavy atom. The highest BCUT2D eigenvalue weighted by Crippen LogP contribution is 2.23. The fraction of sp³-hybridized carbons (Fsp3) is 0.788. The van der Waals surface area contributed by atoms with E-state index in [0.29, 0.717) is 6.42 Å². The fourth-order valence-corrected chi connectivity index (χ4v) is 5.10. The number of hydrogen-bond acceptors (Lipinski definition) is 5. The largest absolute Gasteiger partial charge is 0.495 e. The first kappa shape index (κ1) is 38.5. The molecule has 1 amide bonds. The number of anilines is 1. The molecule has 0 aromatic heterocycles. The molecule has 0 aliphatic carbocycles. The molecule has 0 aliphatic rings. The summed E-state index contributed by atoms with van der Waals surface area (Å²) in [6.45, 7) is 11.7. The van der Waals surface area contributed by atoms with E-state index in [1.807, 2.05) is 12.1 Å². The second-order valence-electron chi connectivity index (χ2n) is 11.1. The zero-order valence-electron chi connectivity index (χ0n) is 26.5. The van der Waals surface area contributed by atoms with Gasteiger partial charge in [0, 0.05) is 39.1 Å². The van der Waals surface area contributed by atoms with Crippen LogP contribution in [0.1, 0.15) is 129 Å². The molecule has 0 saturated heterocycles. The van der Waals surface area contributed by atoms with Crippen molar-refractivity contribution < 1.29 is 9.53 Å². The molecule has 0 atom stereocenters. The zero-order valence-corrected chi connectivity index (χ0v) is 27.3. The van der Waals surface area contributed by atoms with Gasteiger partial charge < -0.3 is 15.8 Å². The fourth-order valence-electron chi connectivity index (χ4n) is 5.10. The second kappa shape index (κ2) is 26.4. The number of nitrogen functional groups attached to an aromatic ring is 1. The molecule has 0 unspecified atom stereocenters. The highest BCUT2D eigenvalue weighted by Gasteiger charge is 2.15. The number of nitrogens with two attached hydrogens (primary N) is 1. The van der Waals surface area contributed by atoms with Crippen molar-refractivity contribution in [2.24, 2.45) is 0 Å². The van der Waals surface area contributed by atoms with Crippen LogP contribution in [0.15, 0.2) is 18.2 Å². The molecule has 7 heteroatoms. The summed E-state index contributed by atoms with van der Waals surface area (Å²) in [5, 5.41) is 8.38. The summed E-state index contributed by atoms with van der Waals surface area (Å²) in [6, 6.07) is 6.15. The number of ether oxygens (including phenoxy) is 1. The number of hydrazine groups is 1. The summed E-state index contributed by atoms with van der Waals surface area (Å²) in [5.41, 5.74) is 8.09. The van der Waals surface area contributed by atoms with Gasteiger partial charge in [0.15, 0.2) is 0 Å². The van der Waals surface area contributed by atoms with Gasteiger partial charge in [0.25, 0.3) is 0 Å². The monoisotopic (exact) mass is 582 g/mol. The predicted molar refractivity (Wildman–Crippen MR) is 175 cm³/mol. The van der Waals surface area contributed by atoms with Crippen LogP contribution in [0, 0.1) is 0 Å². The summed E-state index contributed by atoms with van der Waals surface area (Å²) >= 11 is 0. The van der Waals surface area contributed by atoms with E-state index < -0.39 is 0 Å². The molecular formula is C33H63ClN4O2. The van der Waals surface area contributed by atoms with Crippen LogP contribution in [0.2, 0.25) is 0 Å². The lowest BCUT2D eigenvalue weighted by Gasteiger charge is -2.35. The van der Waals surface area contributed by atoms with Crippen LogP contribution in [0.3, 0.4) is 0 Å². The molecule has 6 nitrogen and oxygen atoms in total. The Morgan fingerprint density at radius 3 is 1.82 bits per heavy atom. The van der Waals surface area contributed by atoms with Crippen molar-refractivity contribution in [2.45, 2.75) is 130 Å². The van der Waals surface area contributed by atoms with Crippen LogP contribution in [0.4, 0.5) is 5.69 Å². The Labute approximate surface area is 253 Å². The first-order chi connectivity index (χ1) is 19.0. The molecule has 234 valence electrons. The van der Waals surface area contributed by atoms with Gasteiger partial charge in [-0.05, 0) is 56.2 Å². The van der Waals surface area contributed by atoms with Gasteiger partial charge in [0.1, 0.15) is 5.75 Å². The first-order valence-electron chi connectivity index (χ1n) is 16.2. The van der Waals surface area contributed by atoms with Crippen LogP contribution in [-0.2, 0) is 11.2 Å². The van der Waals surface area contributed by atoms with Gasteiger partial charge in [-0.1, -0.05) is 91.0 Å². The van der Waals surface area contributed by atoms with Crippen LogP contribution >= 0.6 is 12.4 Å². The predicted octanol–water partition coefficient (Wildman–Crippen LogP) is 8.18. The molecule has 0 bridgehead atoms. The van der Waals surface area contributed by atoms with Crippen LogP contribution in [0.5, 0.6) is 5.75 Å². The number of aryl methyl sites for hydroxylation is 1. The molecule has 1 aromatic carbocycles. The molecule has 0 heterocycles. The molecule has 0 radical (unpaired) electrons. The highest BCUT2D eigenvalue weighted by molar-refractivity contribution is 5.85. The van der Waals surface area contributed by atoms with Crippen LogP contribution in [0.25, 0.3) is 0 Å². The number of methoxy groups -OCH3 is 1. The average molecular weight is 583 g/mol. The van der Waals surface area contributed by atoms with Gasteiger partial charge in [0.2, 0.25) is 5.91 Å². The van der Waals surface area contributed by atoms with Gasteiger partial charge >= 0.3 is 0 Å². The SMILES string of the molecule is CCCCCCN(CCCCCC)N(CCCCCCc1ccc(OC)c(N)c1)CCNC(=O)CCCCC.Cl. The molecular weight excluding hydrogens is 520 g/mol. The lowest BCUT2D eigenvalue weighted by molar-refractivity contribution is -0.121. The number of halogens is 1. The van der Waals surface area contributed by atoms with Gasteiger partial charge in [-0.15, -0.1) is 12.4 Å². The maximum Gasteiger partial charge on any atom is 0.220 e. The summed E-state index contributed by atoms with van der Waals surface area (Å²) in [7, 11) is 1.66. The molecule has 0 fully saturated rings. The van der Waals surface area contributed by atoms with Gasteiger partial charge in [0.05, 0.1) is 12.8 Å². The Kier molecular flexibility index (Phi) is 25.4. The Morgan fingerprint density at radius 1 is 0.750 bits per heavy atom. The molecule has 40 heavy (non-hydrogen) atoms. The van der Waals surface area contributed by atoms with Gasteiger partial charge in [-0.3, -0.25) is 4.79 Å². The number of nitrogens with zero attached hydrogens (tertiary/aromatic N) is 2. The maximum atomic E-state index is 12.3. The summed E-state index contributed by atoms with van der Waals surface area (Å²) in [6.07, 6.45) is 20.1. The highest BCUT2D eigenvalue weighted by atomic mass is 35.5. The number of hydrogen-bond donors (Lipinski definition) is 2. The molecule has 0 aliphatic heterocycles. The molecule has 0 spiro atoms. The van der Waals surface area contributed by atoms with E-state index in [2.05, 4.69) is 42.2 Å². The van der Waals surface area contributed by atoms with Gasteiger partial charge in [-0.25, -0.2) is 10.0 Å². The molecule has 1 aromatic rings. The Balaban J connectivity index is 0.0000152. The quantitative estimate of drug-likeness (QED) is 0.0654. The zero-order chi connectivity index (χ0) is 28.6. The Hall–Kier alpha value is -1.50. The summed E-state index contributed by atoms with van der Waals surface area (Å²) < 4.78 is 5.28. The number of carbonyl (C=O) groups excluding carboxylic acids is 1. The summed E-state index contributed by atoms with van der Waals surface area (Å²) in [5.74, 6) is 0.963. The van der Waals surface area contributed by atoms with E-state index in [1.165, 1.54) is 82.6 Å². The third kappa shape index (κ3) is 18.8. The summed E-state index contributed by atoms with van der Waals surface area (Å²) in [4.78, 5) is 12.3. The van der Waals surface area contributed by atoms with Crippen molar-refractivity contribution in [1.82, 2.24) is 15.3 Å². The molecule has 1 rings (SSSR count). The Bertz CT molecular complexity index is 722. The van der Waals surface area contributed by atoms with Crippen molar-refractivity contribution in [1.29, 1.82) is 0 Å². The number of nitrogens with one attached hydrogen (secondary N) is 1. The van der Waals surface area contributed by atoms with E-state index in [4.69, 9.17) is 10.5 Å². The lowest BCUT2D eigenvalue weighted by atomic mass is 10.1. The van der Waals surface area contributed by atoms with Crippen LogP contribution < -0.4 is 15.8 Å². The first-order valence-corrected chi connectivity index (χ1v) is 16.2. The van der Waals surface area contributed by atoms with Gasteiger partial charge in [-0.2, -0.15) is 0 Å². The molecule has 3 N–H and O–H groups in total. The minimum atomic E-state index is 0. The number of amides is 1.